The molecular formula is C20H22N4O3. The molecule has 140 valence electrons. The summed E-state index contributed by atoms with van der Waals surface area (Å²) in [6.07, 6.45) is 0. The van der Waals surface area contributed by atoms with Crippen molar-refractivity contribution in [2.45, 2.75) is 20.4 Å². The van der Waals surface area contributed by atoms with Crippen LogP contribution in [0.2, 0.25) is 0 Å². The first-order valence-electron chi connectivity index (χ1n) is 8.51. The van der Waals surface area contributed by atoms with Gasteiger partial charge in [0.1, 0.15) is 12.4 Å². The van der Waals surface area contributed by atoms with Gasteiger partial charge in [0.15, 0.2) is 11.5 Å². The molecule has 1 amide bonds. The van der Waals surface area contributed by atoms with Gasteiger partial charge in [-0.1, -0.05) is 12.1 Å². The maximum atomic E-state index is 12.4. The Kier molecular flexibility index (Phi) is 5.40. The molecule has 1 aromatic heterocycles. The van der Waals surface area contributed by atoms with Crippen molar-refractivity contribution in [1.29, 1.82) is 0 Å². The van der Waals surface area contributed by atoms with Gasteiger partial charge in [-0.3, -0.25) is 4.79 Å². The number of rotatable bonds is 6. The SMILES string of the molecule is COc1ccc(/C(C)=N\NC(=O)Cn2c(C)nc3ccccc32)cc1OC. The van der Waals surface area contributed by atoms with E-state index in [0.29, 0.717) is 17.2 Å². The Morgan fingerprint density at radius 1 is 1.15 bits per heavy atom. The van der Waals surface area contributed by atoms with Gasteiger partial charge in [0.2, 0.25) is 0 Å². The number of aromatic nitrogens is 2. The molecule has 0 radical (unpaired) electrons. The molecule has 1 heterocycles. The Labute approximate surface area is 157 Å². The third-order valence-electron chi connectivity index (χ3n) is 4.30. The fraction of sp³-hybridized carbons (Fsp3) is 0.250. The summed E-state index contributed by atoms with van der Waals surface area (Å²) < 4.78 is 12.4. The number of nitrogens with zero attached hydrogens (tertiary/aromatic N) is 3. The number of benzene rings is 2. The number of imidazole rings is 1. The minimum absolute atomic E-state index is 0.148. The van der Waals surface area contributed by atoms with Gasteiger partial charge in [-0.15, -0.1) is 0 Å². The minimum Gasteiger partial charge on any atom is -0.493 e. The van der Waals surface area contributed by atoms with Crippen molar-refractivity contribution in [3.63, 3.8) is 0 Å². The molecule has 0 saturated carbocycles. The first-order valence-corrected chi connectivity index (χ1v) is 8.51. The lowest BCUT2D eigenvalue weighted by Gasteiger charge is -2.10. The fourth-order valence-electron chi connectivity index (χ4n) is 2.85. The molecule has 0 aliphatic heterocycles. The van der Waals surface area contributed by atoms with Gasteiger partial charge in [0.05, 0.1) is 31.0 Å². The zero-order chi connectivity index (χ0) is 19.4. The van der Waals surface area contributed by atoms with E-state index in [1.165, 1.54) is 0 Å². The Hall–Kier alpha value is -3.35. The number of methoxy groups -OCH3 is 2. The van der Waals surface area contributed by atoms with Crippen molar-refractivity contribution >= 4 is 22.7 Å². The zero-order valence-electron chi connectivity index (χ0n) is 15.8. The third-order valence-corrected chi connectivity index (χ3v) is 4.30. The lowest BCUT2D eigenvalue weighted by Crippen LogP contribution is -2.24. The molecular weight excluding hydrogens is 344 g/mol. The van der Waals surface area contributed by atoms with Crippen LogP contribution < -0.4 is 14.9 Å². The summed E-state index contributed by atoms with van der Waals surface area (Å²) in [4.78, 5) is 16.8. The lowest BCUT2D eigenvalue weighted by atomic mass is 10.1. The molecule has 3 rings (SSSR count). The highest BCUT2D eigenvalue weighted by molar-refractivity contribution is 5.99. The summed E-state index contributed by atoms with van der Waals surface area (Å²) in [5.41, 5.74) is 5.89. The zero-order valence-corrected chi connectivity index (χ0v) is 15.8. The minimum atomic E-state index is -0.221. The van der Waals surface area contributed by atoms with Gasteiger partial charge >= 0.3 is 0 Å². The van der Waals surface area contributed by atoms with Crippen LogP contribution >= 0.6 is 0 Å². The maximum absolute atomic E-state index is 12.4. The first-order chi connectivity index (χ1) is 13.0. The summed E-state index contributed by atoms with van der Waals surface area (Å²) in [5, 5.41) is 4.20. The average Bonchev–Trinajstić information content (AvgIpc) is 3.00. The molecule has 0 unspecified atom stereocenters. The highest BCUT2D eigenvalue weighted by Crippen LogP contribution is 2.27. The summed E-state index contributed by atoms with van der Waals surface area (Å²) in [6.45, 7) is 3.85. The summed E-state index contributed by atoms with van der Waals surface area (Å²) in [5.74, 6) is 1.81. The summed E-state index contributed by atoms with van der Waals surface area (Å²) >= 11 is 0. The summed E-state index contributed by atoms with van der Waals surface area (Å²) in [7, 11) is 3.16. The molecule has 2 aromatic carbocycles. The molecule has 0 spiro atoms. The van der Waals surface area contributed by atoms with E-state index in [4.69, 9.17) is 9.47 Å². The summed E-state index contributed by atoms with van der Waals surface area (Å²) in [6, 6.07) is 13.2. The number of amides is 1. The smallest absolute Gasteiger partial charge is 0.260 e. The number of fused-ring (bicyclic) bond motifs is 1. The topological polar surface area (TPSA) is 77.7 Å². The highest BCUT2D eigenvalue weighted by Gasteiger charge is 2.11. The largest absolute Gasteiger partial charge is 0.493 e. The second kappa shape index (κ2) is 7.90. The van der Waals surface area contributed by atoms with Crippen LogP contribution in [0.4, 0.5) is 0 Å². The Bertz CT molecular complexity index is 1010. The number of carbonyl (C=O) groups is 1. The first kappa shape index (κ1) is 18.4. The van der Waals surface area contributed by atoms with Crippen LogP contribution in [0, 0.1) is 6.92 Å². The second-order valence-corrected chi connectivity index (χ2v) is 6.04. The van der Waals surface area contributed by atoms with E-state index < -0.39 is 0 Å². The van der Waals surface area contributed by atoms with Crippen LogP contribution in [0.5, 0.6) is 11.5 Å². The van der Waals surface area contributed by atoms with Crippen LogP contribution in [0.15, 0.2) is 47.6 Å². The number of nitrogens with one attached hydrogen (secondary N) is 1. The van der Waals surface area contributed by atoms with Crippen LogP contribution in [-0.4, -0.2) is 35.4 Å². The van der Waals surface area contributed by atoms with E-state index in [9.17, 15) is 4.79 Å². The molecule has 27 heavy (non-hydrogen) atoms. The van der Waals surface area contributed by atoms with E-state index in [2.05, 4.69) is 15.5 Å². The predicted molar refractivity (Wildman–Crippen MR) is 104 cm³/mol. The number of ether oxygens (including phenoxy) is 2. The lowest BCUT2D eigenvalue weighted by molar-refractivity contribution is -0.121. The monoisotopic (exact) mass is 366 g/mol. The molecule has 1 N–H and O–H groups in total. The second-order valence-electron chi connectivity index (χ2n) is 6.04. The molecule has 0 aliphatic rings. The van der Waals surface area contributed by atoms with Crippen molar-refractivity contribution in [3.8, 4) is 11.5 Å². The van der Waals surface area contributed by atoms with Crippen molar-refractivity contribution in [2.24, 2.45) is 5.10 Å². The van der Waals surface area contributed by atoms with Gasteiger partial charge < -0.3 is 14.0 Å². The van der Waals surface area contributed by atoms with E-state index in [-0.39, 0.29) is 12.5 Å². The number of carbonyl (C=O) groups excluding carboxylic acids is 1. The van der Waals surface area contributed by atoms with Gasteiger partial charge in [-0.2, -0.15) is 5.10 Å². The number of hydrogen-bond donors (Lipinski definition) is 1. The van der Waals surface area contributed by atoms with E-state index in [1.807, 2.05) is 54.8 Å². The Balaban J connectivity index is 1.73. The molecule has 0 saturated heterocycles. The molecule has 3 aromatic rings. The quantitative estimate of drug-likeness (QED) is 0.537. The average molecular weight is 366 g/mol. The number of para-hydroxylation sites is 2. The molecule has 0 fully saturated rings. The third kappa shape index (κ3) is 3.92. The molecule has 0 aliphatic carbocycles. The van der Waals surface area contributed by atoms with Crippen molar-refractivity contribution in [3.05, 3.63) is 53.9 Å². The maximum Gasteiger partial charge on any atom is 0.260 e. The number of hydrogen-bond acceptors (Lipinski definition) is 5. The van der Waals surface area contributed by atoms with Crippen LogP contribution in [0.3, 0.4) is 0 Å². The van der Waals surface area contributed by atoms with Crippen molar-refractivity contribution in [1.82, 2.24) is 15.0 Å². The van der Waals surface area contributed by atoms with Gasteiger partial charge in [0.25, 0.3) is 5.91 Å². The molecule has 7 nitrogen and oxygen atoms in total. The van der Waals surface area contributed by atoms with Crippen LogP contribution in [-0.2, 0) is 11.3 Å². The number of hydrazone groups is 1. The highest BCUT2D eigenvalue weighted by atomic mass is 16.5. The molecule has 7 heteroatoms. The standard InChI is InChI=1S/C20H22N4O3/c1-13(15-9-10-18(26-3)19(11-15)27-4)22-23-20(25)12-24-14(2)21-16-7-5-6-8-17(16)24/h5-11H,12H2,1-4H3,(H,23,25)/b22-13-. The molecule has 0 atom stereocenters. The van der Waals surface area contributed by atoms with Crippen molar-refractivity contribution in [2.75, 3.05) is 14.2 Å². The van der Waals surface area contributed by atoms with Gasteiger partial charge in [-0.05, 0) is 44.2 Å². The van der Waals surface area contributed by atoms with Crippen LogP contribution in [0.1, 0.15) is 18.3 Å². The van der Waals surface area contributed by atoms with E-state index in [1.54, 1.807) is 20.3 Å². The number of aryl methyl sites for hydroxylation is 1. The van der Waals surface area contributed by atoms with Crippen LogP contribution in [0.25, 0.3) is 11.0 Å². The predicted octanol–water partition coefficient (Wildman–Crippen LogP) is 2.90. The Morgan fingerprint density at radius 3 is 2.63 bits per heavy atom. The molecule has 0 bridgehead atoms. The fourth-order valence-corrected chi connectivity index (χ4v) is 2.85. The van der Waals surface area contributed by atoms with E-state index >= 15 is 0 Å². The van der Waals surface area contributed by atoms with Gasteiger partial charge in [0, 0.05) is 5.56 Å². The van der Waals surface area contributed by atoms with Crippen molar-refractivity contribution < 1.29 is 14.3 Å². The normalized spacial score (nSPS) is 11.5. The van der Waals surface area contributed by atoms with E-state index in [0.717, 1.165) is 22.4 Å². The Morgan fingerprint density at radius 2 is 1.89 bits per heavy atom. The van der Waals surface area contributed by atoms with Gasteiger partial charge in [-0.25, -0.2) is 10.4 Å².